The molecule has 0 fully saturated rings. The summed E-state index contributed by atoms with van der Waals surface area (Å²) in [6, 6.07) is 61.0. The van der Waals surface area contributed by atoms with Crippen LogP contribution in [0.5, 0.6) is 0 Å². The van der Waals surface area contributed by atoms with Crippen molar-refractivity contribution in [1.29, 1.82) is 0 Å². The molecule has 0 aliphatic carbocycles. The van der Waals surface area contributed by atoms with Crippen molar-refractivity contribution in [3.05, 3.63) is 264 Å². The van der Waals surface area contributed by atoms with E-state index in [1.165, 1.54) is 25.7 Å². The first kappa shape index (κ1) is 54.6. The summed E-state index contributed by atoms with van der Waals surface area (Å²) in [5.41, 5.74) is 4.13. The van der Waals surface area contributed by atoms with Gasteiger partial charge in [0.1, 0.15) is 11.7 Å². The minimum atomic E-state index is -4.56. The van der Waals surface area contributed by atoms with Gasteiger partial charge in [0.15, 0.2) is 0 Å². The number of benzene rings is 6. The highest BCUT2D eigenvalue weighted by Crippen LogP contribution is 2.45. The molecule has 0 aliphatic heterocycles. The van der Waals surface area contributed by atoms with Crippen molar-refractivity contribution in [2.45, 2.75) is 88.4 Å². The lowest BCUT2D eigenvalue weighted by atomic mass is 9.77. The smallest absolute Gasteiger partial charge is 0.373 e. The van der Waals surface area contributed by atoms with Crippen LogP contribution in [0, 0.1) is 0 Å². The van der Waals surface area contributed by atoms with Gasteiger partial charge >= 0.3 is 7.82 Å². The fourth-order valence-corrected chi connectivity index (χ4v) is 9.54. The Kier molecular flexibility index (Phi) is 23.8. The van der Waals surface area contributed by atoms with Crippen LogP contribution in [0.4, 0.5) is 0 Å². The van der Waals surface area contributed by atoms with Gasteiger partial charge in [-0.25, -0.2) is 4.57 Å². The molecule has 7 nitrogen and oxygen atoms in total. The zero-order valence-electron chi connectivity index (χ0n) is 41.6. The van der Waals surface area contributed by atoms with Gasteiger partial charge in [-0.2, -0.15) is 0 Å². The van der Waals surface area contributed by atoms with Crippen molar-refractivity contribution in [1.82, 2.24) is 5.32 Å². The van der Waals surface area contributed by atoms with Gasteiger partial charge in [0.2, 0.25) is 0 Å². The molecule has 0 saturated heterocycles. The minimum Gasteiger partial charge on any atom is -0.373 e. The summed E-state index contributed by atoms with van der Waals surface area (Å²) in [6.07, 6.45) is 27.7. The molecule has 8 heteroatoms. The number of hydrogen-bond donors (Lipinski definition) is 2. The molecule has 6 rings (SSSR count). The van der Waals surface area contributed by atoms with E-state index in [-0.39, 0.29) is 26.4 Å². The summed E-state index contributed by atoms with van der Waals surface area (Å²) in [6.45, 7) is 2.63. The van der Waals surface area contributed by atoms with Crippen molar-refractivity contribution in [3.63, 3.8) is 0 Å². The summed E-state index contributed by atoms with van der Waals surface area (Å²) in [5, 5.41) is 3.71. The Labute approximate surface area is 424 Å². The van der Waals surface area contributed by atoms with Gasteiger partial charge in [0.25, 0.3) is 0 Å². The molecule has 2 atom stereocenters. The van der Waals surface area contributed by atoms with Gasteiger partial charge in [-0.3, -0.25) is 14.4 Å². The average molecular weight is 972 g/mol. The molecule has 0 amide bonds. The van der Waals surface area contributed by atoms with Crippen molar-refractivity contribution in [2.24, 2.45) is 0 Å². The molecule has 0 bridgehead atoms. The zero-order valence-corrected chi connectivity index (χ0v) is 42.5. The lowest BCUT2D eigenvalue weighted by Gasteiger charge is -2.37. The maximum absolute atomic E-state index is 13.7. The predicted molar refractivity (Wildman–Crippen MR) is 292 cm³/mol. The molecule has 0 aliphatic rings. The third-order valence-corrected chi connectivity index (χ3v) is 13.4. The van der Waals surface area contributed by atoms with Crippen LogP contribution in [0.2, 0.25) is 0 Å². The lowest BCUT2D eigenvalue weighted by molar-refractivity contribution is -0.0809. The highest BCUT2D eigenvalue weighted by molar-refractivity contribution is 7.47. The van der Waals surface area contributed by atoms with Crippen LogP contribution in [0.25, 0.3) is 0 Å². The molecule has 6 aromatic carbocycles. The summed E-state index contributed by atoms with van der Waals surface area (Å²) in [5.74, 6) is 0. The summed E-state index contributed by atoms with van der Waals surface area (Å²) >= 11 is 0. The third-order valence-electron chi connectivity index (χ3n) is 12.4. The largest absolute Gasteiger partial charge is 0.472 e. The molecule has 0 spiro atoms. The molecule has 1 unspecified atom stereocenters. The van der Waals surface area contributed by atoms with Gasteiger partial charge in [0.05, 0.1) is 25.4 Å². The van der Waals surface area contributed by atoms with E-state index in [0.717, 1.165) is 71.9 Å². The van der Waals surface area contributed by atoms with Crippen LogP contribution in [0.3, 0.4) is 0 Å². The van der Waals surface area contributed by atoms with Crippen LogP contribution >= 0.6 is 7.82 Å². The van der Waals surface area contributed by atoms with Crippen molar-refractivity contribution >= 4 is 7.82 Å². The molecule has 6 aromatic rings. The molecule has 372 valence electrons. The molecule has 0 aromatic heterocycles. The van der Waals surface area contributed by atoms with E-state index in [0.29, 0.717) is 6.61 Å². The number of phosphoric acid groups is 1. The fraction of sp³-hybridized carbons (Fsp3) is 0.302. The normalized spacial score (nSPS) is 13.7. The van der Waals surface area contributed by atoms with Gasteiger partial charge in [-0.15, -0.1) is 0 Å². The SMILES string of the molecule is CCCCC/C=C\C/C=C\C/C=C\C/C=C\CCCCO[C@H](COC(c1ccccc1)(c1ccccc1)c1ccccc1)COP(=O)(O)OCCNC(c1ccccc1)(c1ccccc1)c1ccccc1. The second-order valence-electron chi connectivity index (χ2n) is 17.5. The van der Waals surface area contributed by atoms with Crippen molar-refractivity contribution in [3.8, 4) is 0 Å². The number of ether oxygens (including phenoxy) is 2. The Morgan fingerprint density at radius 3 is 1.27 bits per heavy atom. The van der Waals surface area contributed by atoms with Crippen LogP contribution in [0.1, 0.15) is 105 Å². The van der Waals surface area contributed by atoms with E-state index in [4.69, 9.17) is 18.5 Å². The Morgan fingerprint density at radius 2 is 0.859 bits per heavy atom. The Hall–Kier alpha value is -5.73. The second-order valence-corrected chi connectivity index (χ2v) is 19.0. The maximum Gasteiger partial charge on any atom is 0.472 e. The number of hydrogen-bond acceptors (Lipinski definition) is 6. The number of rotatable bonds is 33. The Balaban J connectivity index is 1.09. The van der Waals surface area contributed by atoms with Gasteiger partial charge in [-0.05, 0) is 84.7 Å². The first-order chi connectivity index (χ1) is 35.0. The number of allylic oxidation sites excluding steroid dienone is 8. The van der Waals surface area contributed by atoms with Crippen LogP contribution in [-0.2, 0) is 34.2 Å². The number of nitrogens with one attached hydrogen (secondary N) is 1. The van der Waals surface area contributed by atoms with E-state index >= 15 is 0 Å². The van der Waals surface area contributed by atoms with E-state index in [9.17, 15) is 9.46 Å². The summed E-state index contributed by atoms with van der Waals surface area (Å²) in [4.78, 5) is 11.2. The van der Waals surface area contributed by atoms with E-state index < -0.39 is 25.1 Å². The first-order valence-corrected chi connectivity index (χ1v) is 27.0. The molecule has 0 radical (unpaired) electrons. The van der Waals surface area contributed by atoms with Crippen molar-refractivity contribution < 1.29 is 28.0 Å². The third kappa shape index (κ3) is 17.2. The molecule has 0 heterocycles. The average Bonchev–Trinajstić information content (AvgIpc) is 3.42. The van der Waals surface area contributed by atoms with Crippen LogP contribution in [-0.4, -0.2) is 44.0 Å². The van der Waals surface area contributed by atoms with Gasteiger partial charge in [0, 0.05) is 13.2 Å². The number of unbranched alkanes of at least 4 members (excludes halogenated alkanes) is 5. The van der Waals surface area contributed by atoms with E-state index in [1.54, 1.807) is 0 Å². The van der Waals surface area contributed by atoms with Crippen molar-refractivity contribution in [2.75, 3.05) is 33.0 Å². The topological polar surface area (TPSA) is 86.3 Å². The molecular formula is C63H74NO6P. The molecule has 71 heavy (non-hydrogen) atoms. The van der Waals surface area contributed by atoms with Crippen LogP contribution < -0.4 is 5.32 Å². The highest BCUT2D eigenvalue weighted by atomic mass is 31.2. The zero-order chi connectivity index (χ0) is 49.6. The van der Waals surface area contributed by atoms with Gasteiger partial charge < -0.3 is 14.4 Å². The first-order valence-electron chi connectivity index (χ1n) is 25.5. The molecular weight excluding hydrogens is 898 g/mol. The quantitative estimate of drug-likeness (QED) is 0.0184. The number of phosphoric ester groups is 1. The molecule has 2 N–H and O–H groups in total. The monoisotopic (exact) mass is 972 g/mol. The van der Waals surface area contributed by atoms with Crippen LogP contribution in [0.15, 0.2) is 231 Å². The minimum absolute atomic E-state index is 0.0607. The second kappa shape index (κ2) is 30.9. The van der Waals surface area contributed by atoms with Gasteiger partial charge in [-0.1, -0.05) is 250 Å². The highest BCUT2D eigenvalue weighted by Gasteiger charge is 2.39. The summed E-state index contributed by atoms with van der Waals surface area (Å²) in [7, 11) is -4.56. The Morgan fingerprint density at radius 1 is 0.479 bits per heavy atom. The standard InChI is InChI=1S/C63H74NO6P/c1-2-3-4-5-6-7-8-9-10-11-12-13-14-15-16-17-18-37-51-67-61(53-68-63(58-44-31-22-32-45-58,59-46-33-23-34-47-59)60-48-35-24-36-49-60)54-70-71(65,66)69-52-50-64-62(55-38-25-19-26-39-55,56-40-27-20-28-41-56)57-42-29-21-30-43-57/h6-7,9-10,12-13,15-16,19-36,38-49,61,64H,2-5,8,11,14,17-18,37,50-54H2,1H3,(H,65,66)/b7-6-,10-9-,13-12-,16-15-/t61-/m1/s1. The van der Waals surface area contributed by atoms with E-state index in [1.807, 2.05) is 109 Å². The van der Waals surface area contributed by atoms with E-state index in [2.05, 4.69) is 134 Å². The lowest BCUT2D eigenvalue weighted by Crippen LogP contribution is -2.46. The Bertz CT molecular complexity index is 2310. The summed E-state index contributed by atoms with van der Waals surface area (Å²) < 4.78 is 38.8. The maximum atomic E-state index is 13.7. The fourth-order valence-electron chi connectivity index (χ4n) is 8.79. The molecule has 0 saturated carbocycles. The predicted octanol–water partition coefficient (Wildman–Crippen LogP) is 15.2.